The zero-order valence-corrected chi connectivity index (χ0v) is 17.8. The summed E-state index contributed by atoms with van der Waals surface area (Å²) >= 11 is 0. The summed E-state index contributed by atoms with van der Waals surface area (Å²) in [5.41, 5.74) is 1.95. The second-order valence-corrected chi connectivity index (χ2v) is 8.29. The van der Waals surface area contributed by atoms with Gasteiger partial charge in [-0.25, -0.2) is 8.42 Å². The van der Waals surface area contributed by atoms with Gasteiger partial charge in [0.2, 0.25) is 10.0 Å². The first kappa shape index (κ1) is 20.8. The summed E-state index contributed by atoms with van der Waals surface area (Å²) in [7, 11) is 2.55. The van der Waals surface area contributed by atoms with Gasteiger partial charge in [0.25, 0.3) is 0 Å². The van der Waals surface area contributed by atoms with Crippen molar-refractivity contribution in [2.45, 2.75) is 12.5 Å². The standard InChI is InChI=1S/C20H24N2O6S/c1-25-13-9-10-15(19(11-13)27-3)17-12-16(21-22(17)29(5,23)24)14-7-6-8-18(26-2)20(14)28-4/h6-11,17H,12H2,1-5H3/t17-/m0/s1. The lowest BCUT2D eigenvalue weighted by Crippen LogP contribution is -2.26. The average molecular weight is 420 g/mol. The van der Waals surface area contributed by atoms with Crippen LogP contribution >= 0.6 is 0 Å². The Kier molecular flexibility index (Phi) is 5.88. The highest BCUT2D eigenvalue weighted by molar-refractivity contribution is 7.88. The van der Waals surface area contributed by atoms with Crippen LogP contribution in [0.4, 0.5) is 0 Å². The van der Waals surface area contributed by atoms with E-state index >= 15 is 0 Å². The molecule has 0 bridgehead atoms. The number of hydrogen-bond acceptors (Lipinski definition) is 7. The van der Waals surface area contributed by atoms with E-state index in [9.17, 15) is 8.42 Å². The number of rotatable bonds is 7. The van der Waals surface area contributed by atoms with E-state index in [-0.39, 0.29) is 0 Å². The van der Waals surface area contributed by atoms with E-state index in [4.69, 9.17) is 18.9 Å². The van der Waals surface area contributed by atoms with Gasteiger partial charge in [0, 0.05) is 23.6 Å². The molecule has 1 atom stereocenters. The van der Waals surface area contributed by atoms with E-state index in [2.05, 4.69) is 5.10 Å². The summed E-state index contributed by atoms with van der Waals surface area (Å²) in [6.07, 6.45) is 1.48. The maximum absolute atomic E-state index is 12.5. The van der Waals surface area contributed by atoms with Gasteiger partial charge in [-0.05, 0) is 24.3 Å². The predicted octanol–water partition coefficient (Wildman–Crippen LogP) is 2.83. The van der Waals surface area contributed by atoms with Crippen molar-refractivity contribution >= 4 is 15.7 Å². The molecule has 2 aromatic carbocycles. The van der Waals surface area contributed by atoms with Gasteiger partial charge in [-0.3, -0.25) is 0 Å². The van der Waals surface area contributed by atoms with Gasteiger partial charge in [0.05, 0.1) is 46.4 Å². The lowest BCUT2D eigenvalue weighted by Gasteiger charge is -2.23. The van der Waals surface area contributed by atoms with E-state index in [0.29, 0.717) is 46.3 Å². The van der Waals surface area contributed by atoms with Crippen molar-refractivity contribution < 1.29 is 27.4 Å². The molecule has 3 rings (SSSR count). The lowest BCUT2D eigenvalue weighted by atomic mass is 9.97. The number of sulfonamides is 1. The Balaban J connectivity index is 2.10. The highest BCUT2D eigenvalue weighted by Gasteiger charge is 2.37. The molecule has 1 aliphatic rings. The molecule has 8 nitrogen and oxygen atoms in total. The molecule has 0 aliphatic carbocycles. The fraction of sp³-hybridized carbons (Fsp3) is 0.350. The number of methoxy groups -OCH3 is 4. The predicted molar refractivity (Wildman–Crippen MR) is 110 cm³/mol. The second kappa shape index (κ2) is 8.20. The van der Waals surface area contributed by atoms with E-state index in [0.717, 1.165) is 10.7 Å². The summed E-state index contributed by atoms with van der Waals surface area (Å²) < 4.78 is 47.7. The molecule has 1 aliphatic heterocycles. The third kappa shape index (κ3) is 3.95. The summed E-state index contributed by atoms with van der Waals surface area (Å²) in [4.78, 5) is 0. The van der Waals surface area contributed by atoms with Gasteiger partial charge in [0.15, 0.2) is 11.5 Å². The minimum Gasteiger partial charge on any atom is -0.497 e. The molecule has 0 unspecified atom stereocenters. The highest BCUT2D eigenvalue weighted by atomic mass is 32.2. The Bertz CT molecular complexity index is 1040. The van der Waals surface area contributed by atoms with Gasteiger partial charge in [0.1, 0.15) is 11.5 Å². The monoisotopic (exact) mass is 420 g/mol. The van der Waals surface area contributed by atoms with Gasteiger partial charge in [-0.15, -0.1) is 0 Å². The smallest absolute Gasteiger partial charge is 0.247 e. The SMILES string of the molecule is COc1ccc([C@@H]2CC(c3cccc(OC)c3OC)=NN2S(C)(=O)=O)c(OC)c1. The minimum atomic E-state index is -3.63. The van der Waals surface area contributed by atoms with E-state index in [1.165, 1.54) is 14.2 Å². The first-order chi connectivity index (χ1) is 13.8. The molecular weight excluding hydrogens is 396 g/mol. The summed E-state index contributed by atoms with van der Waals surface area (Å²) in [5.74, 6) is 2.19. The Hall–Kier alpha value is -2.94. The molecular formula is C20H24N2O6S. The number of hydrogen-bond donors (Lipinski definition) is 0. The van der Waals surface area contributed by atoms with Gasteiger partial charge < -0.3 is 18.9 Å². The van der Waals surface area contributed by atoms with Gasteiger partial charge in [-0.1, -0.05) is 6.07 Å². The molecule has 29 heavy (non-hydrogen) atoms. The average Bonchev–Trinajstić information content (AvgIpc) is 3.18. The Morgan fingerprint density at radius 2 is 1.69 bits per heavy atom. The first-order valence-electron chi connectivity index (χ1n) is 8.84. The summed E-state index contributed by atoms with van der Waals surface area (Å²) in [6, 6.07) is 10.1. The summed E-state index contributed by atoms with van der Waals surface area (Å²) in [5, 5.41) is 4.43. The van der Waals surface area contributed by atoms with Crippen LogP contribution in [0.5, 0.6) is 23.0 Å². The molecule has 0 amide bonds. The van der Waals surface area contributed by atoms with Crippen LogP contribution in [0.3, 0.4) is 0 Å². The highest BCUT2D eigenvalue weighted by Crippen LogP contribution is 2.42. The van der Waals surface area contributed by atoms with Crippen LogP contribution in [-0.4, -0.2) is 53.2 Å². The maximum Gasteiger partial charge on any atom is 0.247 e. The lowest BCUT2D eigenvalue weighted by molar-refractivity contribution is 0.348. The fourth-order valence-electron chi connectivity index (χ4n) is 3.40. The summed E-state index contributed by atoms with van der Waals surface area (Å²) in [6.45, 7) is 0. The van der Waals surface area contributed by atoms with Crippen molar-refractivity contribution in [1.29, 1.82) is 0 Å². The largest absolute Gasteiger partial charge is 0.497 e. The van der Waals surface area contributed by atoms with Gasteiger partial charge in [-0.2, -0.15) is 9.52 Å². The molecule has 9 heteroatoms. The number of hydrazone groups is 1. The van der Waals surface area contributed by atoms with Gasteiger partial charge >= 0.3 is 0 Å². The number of para-hydroxylation sites is 1. The van der Waals surface area contributed by atoms with Crippen LogP contribution in [0, 0.1) is 0 Å². The van der Waals surface area contributed by atoms with Crippen LogP contribution < -0.4 is 18.9 Å². The quantitative estimate of drug-likeness (QED) is 0.685. The van der Waals surface area contributed by atoms with Crippen LogP contribution in [0.1, 0.15) is 23.6 Å². The maximum atomic E-state index is 12.5. The number of ether oxygens (including phenoxy) is 4. The zero-order valence-electron chi connectivity index (χ0n) is 17.0. The van der Waals surface area contributed by atoms with Crippen molar-refractivity contribution in [3.8, 4) is 23.0 Å². The first-order valence-corrected chi connectivity index (χ1v) is 10.7. The molecule has 0 saturated heterocycles. The molecule has 0 radical (unpaired) electrons. The Morgan fingerprint density at radius 3 is 2.28 bits per heavy atom. The van der Waals surface area contributed by atoms with Crippen LogP contribution in [0.25, 0.3) is 0 Å². The third-order valence-electron chi connectivity index (χ3n) is 4.73. The molecule has 0 spiro atoms. The molecule has 0 N–H and O–H groups in total. The number of benzene rings is 2. The molecule has 0 saturated carbocycles. The normalized spacial score (nSPS) is 16.4. The van der Waals surface area contributed by atoms with Crippen molar-refractivity contribution in [3.63, 3.8) is 0 Å². The topological polar surface area (TPSA) is 86.7 Å². The number of nitrogens with zero attached hydrogens (tertiary/aromatic N) is 2. The third-order valence-corrected chi connectivity index (χ3v) is 5.74. The van der Waals surface area contributed by atoms with E-state index in [1.54, 1.807) is 38.5 Å². The van der Waals surface area contributed by atoms with Crippen molar-refractivity contribution in [3.05, 3.63) is 47.5 Å². The van der Waals surface area contributed by atoms with Crippen LogP contribution in [0.15, 0.2) is 41.5 Å². The van der Waals surface area contributed by atoms with Crippen molar-refractivity contribution in [1.82, 2.24) is 4.41 Å². The minimum absolute atomic E-state index is 0.347. The fourth-order valence-corrected chi connectivity index (χ4v) is 4.29. The second-order valence-electron chi connectivity index (χ2n) is 6.45. The Labute approximate surface area is 170 Å². The molecule has 0 aromatic heterocycles. The molecule has 0 fully saturated rings. The van der Waals surface area contributed by atoms with Crippen LogP contribution in [-0.2, 0) is 10.0 Å². The molecule has 2 aromatic rings. The van der Waals surface area contributed by atoms with E-state index in [1.807, 2.05) is 12.1 Å². The van der Waals surface area contributed by atoms with E-state index < -0.39 is 16.1 Å². The zero-order chi connectivity index (χ0) is 21.2. The van der Waals surface area contributed by atoms with Crippen molar-refractivity contribution in [2.24, 2.45) is 5.10 Å². The Morgan fingerprint density at radius 1 is 0.966 bits per heavy atom. The van der Waals surface area contributed by atoms with Crippen LogP contribution in [0.2, 0.25) is 0 Å². The van der Waals surface area contributed by atoms with Crippen molar-refractivity contribution in [2.75, 3.05) is 34.7 Å². The molecule has 156 valence electrons. The molecule has 1 heterocycles.